The van der Waals surface area contributed by atoms with Crippen molar-refractivity contribution in [3.05, 3.63) is 0 Å². The molecule has 0 saturated carbocycles. The van der Waals surface area contributed by atoms with Crippen LogP contribution in [0.25, 0.3) is 0 Å². The predicted molar refractivity (Wildman–Crippen MR) is 71.3 cm³/mol. The van der Waals surface area contributed by atoms with Crippen LogP contribution >= 0.6 is 11.3 Å². The molecule has 1 fully saturated rings. The molecule has 0 aliphatic carbocycles. The zero-order valence-corrected chi connectivity index (χ0v) is 12.4. The number of nitrogens with zero attached hydrogens (tertiary/aromatic N) is 4. The van der Waals surface area contributed by atoms with Crippen molar-refractivity contribution in [3.63, 3.8) is 0 Å². The first-order valence-electron chi connectivity index (χ1n) is 5.94. The van der Waals surface area contributed by atoms with Crippen LogP contribution in [0.4, 0.5) is 5.13 Å². The van der Waals surface area contributed by atoms with E-state index >= 15 is 0 Å². The Morgan fingerprint density at radius 2 is 2.30 bits per heavy atom. The van der Waals surface area contributed by atoms with Crippen LogP contribution in [-0.2, 0) is 14.8 Å². The Labute approximate surface area is 120 Å². The molecule has 0 spiro atoms. The number of hydrogen-bond donors (Lipinski definition) is 1. The molecule has 1 unspecified atom stereocenters. The van der Waals surface area contributed by atoms with E-state index in [1.807, 2.05) is 0 Å². The van der Waals surface area contributed by atoms with Gasteiger partial charge in [0.2, 0.25) is 15.4 Å². The maximum Gasteiger partial charge on any atom is 0.272 e. The summed E-state index contributed by atoms with van der Waals surface area (Å²) in [6.45, 7) is 1.85. The maximum absolute atomic E-state index is 12.4. The number of aromatic nitrogens is 2. The SMILES string of the molecule is CC(=O)Nc1nnc(S(=O)(=O)N2CCCC(C#N)C2)s1. The first-order chi connectivity index (χ1) is 9.43. The van der Waals surface area contributed by atoms with Gasteiger partial charge in [-0.2, -0.15) is 9.57 Å². The van der Waals surface area contributed by atoms with Crippen LogP contribution in [0, 0.1) is 17.2 Å². The van der Waals surface area contributed by atoms with Crippen molar-refractivity contribution >= 4 is 32.4 Å². The number of amides is 1. The molecule has 0 bridgehead atoms. The average Bonchev–Trinajstić information content (AvgIpc) is 2.87. The summed E-state index contributed by atoms with van der Waals surface area (Å²) in [7, 11) is -3.74. The number of nitrogens with one attached hydrogen (secondary N) is 1. The third-order valence-corrected chi connectivity index (χ3v) is 5.87. The van der Waals surface area contributed by atoms with Crippen LogP contribution in [0.15, 0.2) is 4.34 Å². The third kappa shape index (κ3) is 3.12. The molecule has 1 aromatic heterocycles. The lowest BCUT2D eigenvalue weighted by atomic mass is 10.0. The summed E-state index contributed by atoms with van der Waals surface area (Å²) in [6.07, 6.45) is 1.35. The second kappa shape index (κ2) is 5.82. The van der Waals surface area contributed by atoms with Gasteiger partial charge in [0.1, 0.15) is 0 Å². The monoisotopic (exact) mass is 315 g/mol. The summed E-state index contributed by atoms with van der Waals surface area (Å²) < 4.78 is 25.8. The maximum atomic E-state index is 12.4. The number of anilines is 1. The van der Waals surface area contributed by atoms with Crippen molar-refractivity contribution in [2.75, 3.05) is 18.4 Å². The lowest BCUT2D eigenvalue weighted by Gasteiger charge is -2.27. The van der Waals surface area contributed by atoms with Gasteiger partial charge in [-0.05, 0) is 12.8 Å². The standard InChI is InChI=1S/C10H13N5O3S2/c1-7(16)12-9-13-14-10(19-9)20(17,18)15-4-2-3-8(5-11)6-15/h8H,2-4,6H2,1H3,(H,12,13,16). The second-order valence-electron chi connectivity index (χ2n) is 4.39. The molecular weight excluding hydrogens is 302 g/mol. The molecule has 1 N–H and O–H groups in total. The number of nitriles is 1. The fourth-order valence-corrected chi connectivity index (χ4v) is 4.50. The minimum absolute atomic E-state index is 0.143. The van der Waals surface area contributed by atoms with Crippen LogP contribution in [0.3, 0.4) is 0 Å². The van der Waals surface area contributed by atoms with Crippen LogP contribution in [0.5, 0.6) is 0 Å². The van der Waals surface area contributed by atoms with E-state index in [1.54, 1.807) is 0 Å². The molecule has 0 radical (unpaired) electrons. The molecule has 1 aromatic rings. The van der Waals surface area contributed by atoms with Gasteiger partial charge >= 0.3 is 0 Å². The molecule has 1 aliphatic heterocycles. The van der Waals surface area contributed by atoms with Crippen molar-refractivity contribution in [2.45, 2.75) is 24.1 Å². The van der Waals surface area contributed by atoms with E-state index in [0.717, 1.165) is 11.3 Å². The lowest BCUT2D eigenvalue weighted by Crippen LogP contribution is -2.39. The second-order valence-corrected chi connectivity index (χ2v) is 7.47. The quantitative estimate of drug-likeness (QED) is 0.808. The molecule has 20 heavy (non-hydrogen) atoms. The van der Waals surface area contributed by atoms with Crippen molar-refractivity contribution in [1.29, 1.82) is 5.26 Å². The van der Waals surface area contributed by atoms with Gasteiger partial charge in [0.05, 0.1) is 12.0 Å². The van der Waals surface area contributed by atoms with Crippen molar-refractivity contribution < 1.29 is 13.2 Å². The summed E-state index contributed by atoms with van der Waals surface area (Å²) in [5.74, 6) is -0.631. The van der Waals surface area contributed by atoms with Gasteiger partial charge in [0.15, 0.2) is 0 Å². The molecule has 2 rings (SSSR count). The minimum atomic E-state index is -3.74. The number of rotatable bonds is 3. The van der Waals surface area contributed by atoms with Gasteiger partial charge < -0.3 is 5.32 Å². The van der Waals surface area contributed by atoms with Gasteiger partial charge in [-0.3, -0.25) is 4.79 Å². The van der Waals surface area contributed by atoms with E-state index in [9.17, 15) is 13.2 Å². The smallest absolute Gasteiger partial charge is 0.272 e. The van der Waals surface area contributed by atoms with Crippen LogP contribution in [-0.4, -0.2) is 41.9 Å². The first-order valence-corrected chi connectivity index (χ1v) is 8.20. The molecule has 8 nitrogen and oxygen atoms in total. The highest BCUT2D eigenvalue weighted by Gasteiger charge is 2.33. The molecule has 1 aliphatic rings. The summed E-state index contributed by atoms with van der Waals surface area (Å²) in [4.78, 5) is 10.9. The topological polar surface area (TPSA) is 116 Å². The molecule has 0 aromatic carbocycles. The van der Waals surface area contributed by atoms with E-state index in [0.29, 0.717) is 19.4 Å². The minimum Gasteiger partial charge on any atom is -0.301 e. The van der Waals surface area contributed by atoms with E-state index < -0.39 is 10.0 Å². The Bertz CT molecular complexity index is 648. The average molecular weight is 315 g/mol. The van der Waals surface area contributed by atoms with Crippen LogP contribution in [0.2, 0.25) is 0 Å². The molecule has 1 amide bonds. The number of carbonyl (C=O) groups excluding carboxylic acids is 1. The molecule has 10 heteroatoms. The number of hydrogen-bond acceptors (Lipinski definition) is 7. The van der Waals surface area contributed by atoms with E-state index in [4.69, 9.17) is 5.26 Å². The number of sulfonamides is 1. The van der Waals surface area contributed by atoms with Crippen LogP contribution < -0.4 is 5.32 Å². The highest BCUT2D eigenvalue weighted by Crippen LogP contribution is 2.26. The van der Waals surface area contributed by atoms with Crippen molar-refractivity contribution in [3.8, 4) is 6.07 Å². The molecule has 1 atom stereocenters. The lowest BCUT2D eigenvalue weighted by molar-refractivity contribution is -0.114. The van der Waals surface area contributed by atoms with Gasteiger partial charge in [-0.25, -0.2) is 8.42 Å². The Morgan fingerprint density at radius 3 is 2.95 bits per heavy atom. The van der Waals surface area contributed by atoms with E-state index in [1.165, 1.54) is 11.2 Å². The fourth-order valence-electron chi connectivity index (χ4n) is 1.89. The van der Waals surface area contributed by atoms with Crippen molar-refractivity contribution in [1.82, 2.24) is 14.5 Å². The van der Waals surface area contributed by atoms with E-state index in [-0.39, 0.29) is 27.8 Å². The van der Waals surface area contributed by atoms with Gasteiger partial charge in [0.25, 0.3) is 10.0 Å². The Balaban J connectivity index is 2.19. The van der Waals surface area contributed by atoms with Gasteiger partial charge in [0, 0.05) is 20.0 Å². The summed E-state index contributed by atoms with van der Waals surface area (Å²) in [5, 5.41) is 18.7. The van der Waals surface area contributed by atoms with Crippen molar-refractivity contribution in [2.24, 2.45) is 5.92 Å². The third-order valence-electron chi connectivity index (χ3n) is 2.82. The Hall–Kier alpha value is -1.57. The van der Waals surface area contributed by atoms with Gasteiger partial charge in [-0.1, -0.05) is 11.3 Å². The summed E-state index contributed by atoms with van der Waals surface area (Å²) >= 11 is 0.804. The molecule has 108 valence electrons. The molecule has 1 saturated heterocycles. The summed E-state index contributed by atoms with van der Waals surface area (Å²) in [5.41, 5.74) is 0. The Kier molecular flexibility index (Phi) is 4.32. The number of carbonyl (C=O) groups is 1. The highest BCUT2D eigenvalue weighted by molar-refractivity contribution is 7.91. The number of piperidine rings is 1. The summed E-state index contributed by atoms with van der Waals surface area (Å²) in [6, 6.07) is 2.09. The first kappa shape index (κ1) is 14.8. The normalized spacial score (nSPS) is 20.3. The molecule has 2 heterocycles. The largest absolute Gasteiger partial charge is 0.301 e. The predicted octanol–water partition coefficient (Wildman–Crippen LogP) is 0.421. The van der Waals surface area contributed by atoms with Crippen LogP contribution in [0.1, 0.15) is 19.8 Å². The van der Waals surface area contributed by atoms with E-state index in [2.05, 4.69) is 21.6 Å². The Morgan fingerprint density at radius 1 is 1.55 bits per heavy atom. The highest BCUT2D eigenvalue weighted by atomic mass is 32.2. The zero-order valence-electron chi connectivity index (χ0n) is 10.7. The fraction of sp³-hybridized carbons (Fsp3) is 0.600. The zero-order chi connectivity index (χ0) is 14.8. The van der Waals surface area contributed by atoms with Gasteiger partial charge in [-0.15, -0.1) is 10.2 Å². The molecular formula is C10H13N5O3S2.